The third-order valence-corrected chi connectivity index (χ3v) is 13.0. The molecule has 3 heteroatoms. The Bertz CT molecular complexity index is 2140. The van der Waals surface area contributed by atoms with Crippen molar-refractivity contribution in [3.8, 4) is 22.3 Å². The average molecular weight is 652 g/mol. The van der Waals surface area contributed by atoms with E-state index >= 15 is 0 Å². The first kappa shape index (κ1) is 30.1. The molecule has 50 heavy (non-hydrogen) atoms. The zero-order valence-electron chi connectivity index (χ0n) is 29.2. The fourth-order valence-electron chi connectivity index (χ4n) is 10.4. The molecular weight excluding hydrogens is 607 g/mol. The van der Waals surface area contributed by atoms with Crippen LogP contribution in [0.15, 0.2) is 145 Å². The molecule has 5 aromatic carbocycles. The zero-order valence-corrected chi connectivity index (χ0v) is 29.2. The van der Waals surface area contributed by atoms with E-state index in [9.17, 15) is 0 Å². The van der Waals surface area contributed by atoms with Crippen molar-refractivity contribution >= 4 is 5.84 Å². The summed E-state index contributed by atoms with van der Waals surface area (Å²) in [6.07, 6.45) is 11.4. The highest BCUT2D eigenvalue weighted by atomic mass is 15.6. The first-order valence-electron chi connectivity index (χ1n) is 18.8. The van der Waals surface area contributed by atoms with Crippen molar-refractivity contribution in [2.75, 3.05) is 13.6 Å². The molecule has 0 radical (unpaired) electrons. The van der Waals surface area contributed by atoms with Crippen molar-refractivity contribution in [1.29, 1.82) is 0 Å². The highest BCUT2D eigenvalue weighted by Crippen LogP contribution is 2.58. The van der Waals surface area contributed by atoms with Crippen molar-refractivity contribution < 1.29 is 0 Å². The van der Waals surface area contributed by atoms with Crippen LogP contribution < -0.4 is 0 Å². The summed E-state index contributed by atoms with van der Waals surface area (Å²) in [5.74, 6) is 2.48. The lowest BCUT2D eigenvalue weighted by Gasteiger charge is -2.46. The summed E-state index contributed by atoms with van der Waals surface area (Å²) in [5.41, 5.74) is 12.2. The van der Waals surface area contributed by atoms with Crippen molar-refractivity contribution in [3.05, 3.63) is 167 Å². The molecule has 3 aliphatic carbocycles. The molecule has 5 aromatic rings. The van der Waals surface area contributed by atoms with Crippen LogP contribution in [0.2, 0.25) is 0 Å². The number of aliphatic imine (C=N–C) groups is 1. The summed E-state index contributed by atoms with van der Waals surface area (Å²) in [6, 6.07) is 47.7. The molecular formula is C47H45N3. The van der Waals surface area contributed by atoms with Crippen molar-refractivity contribution in [2.45, 2.75) is 62.2 Å². The van der Waals surface area contributed by atoms with Gasteiger partial charge in [-0.05, 0) is 87.7 Å². The van der Waals surface area contributed by atoms with E-state index in [1.54, 1.807) is 5.56 Å². The molecule has 10 rings (SSSR count). The topological polar surface area (TPSA) is 18.6 Å². The average Bonchev–Trinajstić information content (AvgIpc) is 3.58. The summed E-state index contributed by atoms with van der Waals surface area (Å²) in [6.45, 7) is 3.37. The zero-order chi connectivity index (χ0) is 33.5. The molecule has 248 valence electrons. The van der Waals surface area contributed by atoms with Gasteiger partial charge in [-0.2, -0.15) is 0 Å². The second-order valence-electron chi connectivity index (χ2n) is 15.6. The Hall–Kier alpha value is -4.73. The molecule has 0 amide bonds. The lowest BCUT2D eigenvalue weighted by molar-refractivity contribution is 0.0758. The molecule has 1 saturated carbocycles. The predicted molar refractivity (Wildman–Crippen MR) is 205 cm³/mol. The van der Waals surface area contributed by atoms with Crippen molar-refractivity contribution in [2.24, 2.45) is 16.8 Å². The maximum Gasteiger partial charge on any atom is 0.155 e. The van der Waals surface area contributed by atoms with Gasteiger partial charge in [-0.1, -0.05) is 147 Å². The summed E-state index contributed by atoms with van der Waals surface area (Å²) in [5, 5.41) is 0. The third kappa shape index (κ3) is 4.49. The number of rotatable bonds is 5. The van der Waals surface area contributed by atoms with Gasteiger partial charge in [0, 0.05) is 30.5 Å². The molecule has 3 nitrogen and oxygen atoms in total. The normalized spacial score (nSPS) is 28.6. The first-order chi connectivity index (χ1) is 24.6. The largest absolute Gasteiger partial charge is 0.343 e. The van der Waals surface area contributed by atoms with Crippen molar-refractivity contribution in [3.63, 3.8) is 0 Å². The maximum absolute atomic E-state index is 5.83. The van der Waals surface area contributed by atoms with Crippen LogP contribution in [0.25, 0.3) is 22.3 Å². The van der Waals surface area contributed by atoms with E-state index in [0.717, 1.165) is 18.8 Å². The molecule has 0 N–H and O–H groups in total. The van der Waals surface area contributed by atoms with Gasteiger partial charge < -0.3 is 4.90 Å². The Morgan fingerprint density at radius 1 is 0.660 bits per heavy atom. The van der Waals surface area contributed by atoms with Crippen LogP contribution in [0.5, 0.6) is 0 Å². The van der Waals surface area contributed by atoms with Gasteiger partial charge in [0.05, 0.1) is 6.17 Å². The molecule has 0 bridgehead atoms. The summed E-state index contributed by atoms with van der Waals surface area (Å²) < 4.78 is 0. The van der Waals surface area contributed by atoms with Gasteiger partial charge in [0.15, 0.2) is 5.66 Å². The molecule has 0 aromatic heterocycles. The monoisotopic (exact) mass is 651 g/mol. The van der Waals surface area contributed by atoms with Crippen LogP contribution in [0.3, 0.4) is 0 Å². The van der Waals surface area contributed by atoms with E-state index in [2.05, 4.69) is 163 Å². The minimum absolute atomic E-state index is 0.133. The van der Waals surface area contributed by atoms with E-state index in [4.69, 9.17) is 4.99 Å². The Morgan fingerprint density at radius 2 is 1.38 bits per heavy atom. The summed E-state index contributed by atoms with van der Waals surface area (Å²) in [4.78, 5) is 11.1. The number of allylic oxidation sites excluding steroid dienone is 2. The Labute approximate surface area is 297 Å². The SMILES string of the molecule is CC1C=CC(c2ccccc2)CC1C1N(C)C(c2ccc3c(c2)C2(CCCC2)c2ccccc2-3)=NC2(c3cccc(-c4ccccc4)c3)CN12. The van der Waals surface area contributed by atoms with Gasteiger partial charge in [-0.15, -0.1) is 0 Å². The highest BCUT2D eigenvalue weighted by molar-refractivity contribution is 6.01. The molecule has 2 heterocycles. The minimum atomic E-state index is -0.368. The molecule has 5 aliphatic rings. The summed E-state index contributed by atoms with van der Waals surface area (Å²) >= 11 is 0. The minimum Gasteiger partial charge on any atom is -0.343 e. The van der Waals surface area contributed by atoms with Gasteiger partial charge in [-0.3, -0.25) is 0 Å². The number of fused-ring (bicyclic) bond motifs is 6. The van der Waals surface area contributed by atoms with Gasteiger partial charge in [0.25, 0.3) is 0 Å². The molecule has 1 spiro atoms. The first-order valence-corrected chi connectivity index (χ1v) is 18.8. The van der Waals surface area contributed by atoms with Crippen LogP contribution >= 0.6 is 0 Å². The van der Waals surface area contributed by atoms with Gasteiger partial charge in [-0.25, -0.2) is 9.89 Å². The summed E-state index contributed by atoms with van der Waals surface area (Å²) in [7, 11) is 2.32. The van der Waals surface area contributed by atoms with E-state index in [0.29, 0.717) is 17.8 Å². The molecule has 2 fully saturated rings. The standard InChI is InChI=1S/C47H45N3/c1-32-22-23-36(34-16-7-4-8-17-34)29-41(32)45-49(2)44(48-47(31-50(45)47)38-19-13-18-35(28-38)33-14-5-3-6-15-33)37-24-25-40-39-20-9-10-21-42(39)46(43(40)30-37)26-11-12-27-46/h3-10,13-25,28,30,32,36,41,45H,11-12,26-27,29,31H2,1-2H3. The number of hydrogen-bond donors (Lipinski definition) is 0. The smallest absolute Gasteiger partial charge is 0.155 e. The predicted octanol–water partition coefficient (Wildman–Crippen LogP) is 10.4. The van der Waals surface area contributed by atoms with E-state index in [1.165, 1.54) is 70.2 Å². The van der Waals surface area contributed by atoms with Crippen LogP contribution in [0, 0.1) is 11.8 Å². The van der Waals surface area contributed by atoms with Crippen LogP contribution in [0.4, 0.5) is 0 Å². The van der Waals surface area contributed by atoms with Crippen molar-refractivity contribution in [1.82, 2.24) is 9.80 Å². The number of amidine groups is 1. The molecule has 1 saturated heterocycles. The second kappa shape index (κ2) is 11.4. The third-order valence-electron chi connectivity index (χ3n) is 13.0. The Morgan fingerprint density at radius 3 is 2.20 bits per heavy atom. The lowest BCUT2D eigenvalue weighted by atomic mass is 9.75. The highest BCUT2D eigenvalue weighted by Gasteiger charge is 2.63. The lowest BCUT2D eigenvalue weighted by Crippen LogP contribution is -2.54. The second-order valence-corrected chi connectivity index (χ2v) is 15.6. The molecule has 6 unspecified atom stereocenters. The maximum atomic E-state index is 5.83. The Balaban J connectivity index is 1.10. The molecule has 2 aliphatic heterocycles. The molecule has 6 atom stereocenters. The van der Waals surface area contributed by atoms with Crippen LogP contribution in [-0.2, 0) is 11.1 Å². The van der Waals surface area contributed by atoms with Crippen LogP contribution in [-0.4, -0.2) is 35.4 Å². The van der Waals surface area contributed by atoms with Gasteiger partial charge in [0.2, 0.25) is 0 Å². The van der Waals surface area contributed by atoms with E-state index in [-0.39, 0.29) is 17.2 Å². The fraction of sp³-hybridized carbons (Fsp3) is 0.298. The van der Waals surface area contributed by atoms with Crippen LogP contribution in [0.1, 0.15) is 72.8 Å². The van der Waals surface area contributed by atoms with E-state index in [1.807, 2.05) is 0 Å². The number of hydrogen-bond acceptors (Lipinski definition) is 3. The van der Waals surface area contributed by atoms with E-state index < -0.39 is 0 Å². The Kier molecular flexibility index (Phi) is 6.87. The van der Waals surface area contributed by atoms with Gasteiger partial charge in [0.1, 0.15) is 5.84 Å². The van der Waals surface area contributed by atoms with Gasteiger partial charge >= 0.3 is 0 Å². The quantitative estimate of drug-likeness (QED) is 0.139. The fourth-order valence-corrected chi connectivity index (χ4v) is 10.4. The number of benzene rings is 5. The number of nitrogens with zero attached hydrogens (tertiary/aromatic N) is 3.